The van der Waals surface area contributed by atoms with Crippen LogP contribution in [-0.4, -0.2) is 31.0 Å². The predicted octanol–water partition coefficient (Wildman–Crippen LogP) is 0.956. The van der Waals surface area contributed by atoms with Gasteiger partial charge in [-0.3, -0.25) is 0 Å². The first-order valence-corrected chi connectivity index (χ1v) is 5.13. The van der Waals surface area contributed by atoms with Crippen LogP contribution in [0.5, 0.6) is 0 Å². The summed E-state index contributed by atoms with van der Waals surface area (Å²) in [6, 6.07) is 8.26. The molecule has 3 rings (SSSR count). The van der Waals surface area contributed by atoms with Crippen LogP contribution in [0.1, 0.15) is 11.7 Å². The summed E-state index contributed by atoms with van der Waals surface area (Å²) < 4.78 is 11.2. The molecule has 2 aliphatic heterocycles. The van der Waals surface area contributed by atoms with Gasteiger partial charge in [-0.15, -0.1) is 0 Å². The van der Waals surface area contributed by atoms with Gasteiger partial charge in [-0.2, -0.15) is 0 Å². The van der Waals surface area contributed by atoms with Crippen molar-refractivity contribution in [3.05, 3.63) is 29.8 Å². The number of nitrogens with zero attached hydrogens (tertiary/aromatic N) is 1. The molecule has 1 aromatic carbocycles. The third-order valence-electron chi connectivity index (χ3n) is 3.05. The maximum atomic E-state index is 5.75. The van der Waals surface area contributed by atoms with Crippen LogP contribution in [0.2, 0.25) is 0 Å². The fraction of sp³-hybridized carbons (Fsp3) is 0.455. The molecule has 0 bridgehead atoms. The van der Waals surface area contributed by atoms with Gasteiger partial charge in [0.25, 0.3) is 0 Å². The van der Waals surface area contributed by atoms with Crippen molar-refractivity contribution in [1.82, 2.24) is 4.90 Å². The van der Waals surface area contributed by atoms with Gasteiger partial charge in [0.2, 0.25) is 0 Å². The summed E-state index contributed by atoms with van der Waals surface area (Å²) in [5.41, 5.74) is 7.63. The van der Waals surface area contributed by atoms with Crippen molar-refractivity contribution in [2.75, 3.05) is 25.8 Å². The molecule has 80 valence electrons. The predicted molar refractivity (Wildman–Crippen MR) is 56.0 cm³/mol. The van der Waals surface area contributed by atoms with E-state index < -0.39 is 0 Å². The number of nitrogen functional groups attached to an aromatic ring is 1. The number of anilines is 1. The molecule has 1 aromatic rings. The fourth-order valence-corrected chi connectivity index (χ4v) is 2.19. The SMILES string of the molecule is Nc1ccc([C@@H]2OCN3COC[C@H]23)cc1. The Morgan fingerprint density at radius 1 is 1.20 bits per heavy atom. The second-order valence-corrected chi connectivity index (χ2v) is 4.04. The lowest BCUT2D eigenvalue weighted by molar-refractivity contribution is 0.0370. The molecule has 2 saturated heterocycles. The summed E-state index contributed by atoms with van der Waals surface area (Å²) in [6.45, 7) is 2.12. The highest BCUT2D eigenvalue weighted by atomic mass is 16.6. The third kappa shape index (κ3) is 1.51. The van der Waals surface area contributed by atoms with Crippen molar-refractivity contribution >= 4 is 5.69 Å². The number of hydrogen-bond acceptors (Lipinski definition) is 4. The number of hydrogen-bond donors (Lipinski definition) is 1. The quantitative estimate of drug-likeness (QED) is 0.695. The molecular weight excluding hydrogens is 192 g/mol. The smallest absolute Gasteiger partial charge is 0.102 e. The molecule has 0 spiro atoms. The highest BCUT2D eigenvalue weighted by molar-refractivity contribution is 5.40. The molecule has 4 nitrogen and oxygen atoms in total. The fourth-order valence-electron chi connectivity index (χ4n) is 2.19. The number of fused-ring (bicyclic) bond motifs is 1. The zero-order valence-electron chi connectivity index (χ0n) is 8.43. The first-order valence-electron chi connectivity index (χ1n) is 5.13. The minimum atomic E-state index is 0.132. The summed E-state index contributed by atoms with van der Waals surface area (Å²) in [5.74, 6) is 0. The van der Waals surface area contributed by atoms with Gasteiger partial charge in [0.05, 0.1) is 12.6 Å². The van der Waals surface area contributed by atoms with E-state index in [-0.39, 0.29) is 6.10 Å². The molecule has 0 aliphatic carbocycles. The Labute approximate surface area is 88.6 Å². The number of benzene rings is 1. The minimum absolute atomic E-state index is 0.132. The van der Waals surface area contributed by atoms with Gasteiger partial charge in [0.15, 0.2) is 0 Å². The number of ether oxygens (including phenoxy) is 2. The lowest BCUT2D eigenvalue weighted by atomic mass is 10.0. The van der Waals surface area contributed by atoms with Gasteiger partial charge in [-0.1, -0.05) is 12.1 Å². The summed E-state index contributed by atoms with van der Waals surface area (Å²) in [5, 5.41) is 0. The van der Waals surface area contributed by atoms with E-state index in [1.807, 2.05) is 24.3 Å². The third-order valence-corrected chi connectivity index (χ3v) is 3.05. The van der Waals surface area contributed by atoms with E-state index in [0.717, 1.165) is 12.3 Å². The number of nitrogens with two attached hydrogens (primary N) is 1. The topological polar surface area (TPSA) is 47.7 Å². The van der Waals surface area contributed by atoms with Crippen LogP contribution in [0.4, 0.5) is 5.69 Å². The van der Waals surface area contributed by atoms with E-state index in [1.54, 1.807) is 0 Å². The Kier molecular flexibility index (Phi) is 2.12. The normalized spacial score (nSPS) is 30.7. The van der Waals surface area contributed by atoms with Crippen LogP contribution < -0.4 is 5.73 Å². The summed E-state index contributed by atoms with van der Waals surface area (Å²) in [6.07, 6.45) is 0.132. The minimum Gasteiger partial charge on any atom is -0.399 e. The van der Waals surface area contributed by atoms with E-state index in [9.17, 15) is 0 Å². The summed E-state index contributed by atoms with van der Waals surface area (Å²) in [4.78, 5) is 2.21. The van der Waals surface area contributed by atoms with Crippen LogP contribution >= 0.6 is 0 Å². The Morgan fingerprint density at radius 3 is 2.80 bits per heavy atom. The van der Waals surface area contributed by atoms with Gasteiger partial charge < -0.3 is 15.2 Å². The standard InChI is InChI=1S/C11H14N2O2/c12-9-3-1-8(2-4-9)11-10-5-14-6-13(10)7-15-11/h1-4,10-11H,5-7,12H2/t10-,11+/m1/s1. The molecule has 0 aromatic heterocycles. The maximum absolute atomic E-state index is 5.75. The maximum Gasteiger partial charge on any atom is 0.102 e. The molecule has 0 unspecified atom stereocenters. The van der Waals surface area contributed by atoms with E-state index in [2.05, 4.69) is 4.90 Å². The molecule has 4 heteroatoms. The van der Waals surface area contributed by atoms with Gasteiger partial charge in [0, 0.05) is 5.69 Å². The van der Waals surface area contributed by atoms with E-state index in [4.69, 9.17) is 15.2 Å². The van der Waals surface area contributed by atoms with Crippen molar-refractivity contribution in [3.8, 4) is 0 Å². The van der Waals surface area contributed by atoms with E-state index in [0.29, 0.717) is 19.5 Å². The average molecular weight is 206 g/mol. The zero-order valence-corrected chi connectivity index (χ0v) is 8.43. The summed E-state index contributed by atoms with van der Waals surface area (Å²) in [7, 11) is 0. The van der Waals surface area contributed by atoms with Crippen molar-refractivity contribution in [2.45, 2.75) is 12.1 Å². The highest BCUT2D eigenvalue weighted by Gasteiger charge is 2.39. The first-order chi connectivity index (χ1) is 7.34. The van der Waals surface area contributed by atoms with Crippen LogP contribution in [0.15, 0.2) is 24.3 Å². The lowest BCUT2D eigenvalue weighted by Crippen LogP contribution is -2.27. The molecule has 2 aliphatic rings. The van der Waals surface area contributed by atoms with Gasteiger partial charge in [-0.05, 0) is 17.7 Å². The van der Waals surface area contributed by atoms with E-state index in [1.165, 1.54) is 5.56 Å². The molecule has 2 N–H and O–H groups in total. The molecule has 2 heterocycles. The molecule has 2 atom stereocenters. The first kappa shape index (κ1) is 9.15. The van der Waals surface area contributed by atoms with Crippen molar-refractivity contribution in [3.63, 3.8) is 0 Å². The average Bonchev–Trinajstić information content (AvgIpc) is 2.80. The Balaban J connectivity index is 1.85. The largest absolute Gasteiger partial charge is 0.399 e. The second-order valence-electron chi connectivity index (χ2n) is 4.04. The van der Waals surface area contributed by atoms with Crippen LogP contribution in [-0.2, 0) is 9.47 Å². The van der Waals surface area contributed by atoms with Gasteiger partial charge in [-0.25, -0.2) is 4.90 Å². The molecule has 2 fully saturated rings. The molecule has 0 radical (unpaired) electrons. The van der Waals surface area contributed by atoms with Gasteiger partial charge in [0.1, 0.15) is 19.6 Å². The Bertz CT molecular complexity index is 352. The van der Waals surface area contributed by atoms with Crippen LogP contribution in [0, 0.1) is 0 Å². The zero-order chi connectivity index (χ0) is 10.3. The van der Waals surface area contributed by atoms with E-state index >= 15 is 0 Å². The van der Waals surface area contributed by atoms with Crippen molar-refractivity contribution in [2.24, 2.45) is 0 Å². The van der Waals surface area contributed by atoms with Crippen molar-refractivity contribution < 1.29 is 9.47 Å². The Morgan fingerprint density at radius 2 is 2.00 bits per heavy atom. The summed E-state index contributed by atoms with van der Waals surface area (Å²) >= 11 is 0. The lowest BCUT2D eigenvalue weighted by Gasteiger charge is -2.16. The van der Waals surface area contributed by atoms with Crippen molar-refractivity contribution in [1.29, 1.82) is 0 Å². The molecule has 15 heavy (non-hydrogen) atoms. The molecule has 0 saturated carbocycles. The van der Waals surface area contributed by atoms with Crippen LogP contribution in [0.3, 0.4) is 0 Å². The Hall–Kier alpha value is -1.10. The van der Waals surface area contributed by atoms with Crippen LogP contribution in [0.25, 0.3) is 0 Å². The van der Waals surface area contributed by atoms with Gasteiger partial charge >= 0.3 is 0 Å². The molecule has 0 amide bonds. The monoisotopic (exact) mass is 206 g/mol. The molecular formula is C11H14N2O2. The second kappa shape index (κ2) is 3.48. The highest BCUT2D eigenvalue weighted by Crippen LogP contribution is 2.34. The number of rotatable bonds is 1.